The van der Waals surface area contributed by atoms with Crippen LogP contribution in [0.5, 0.6) is 5.75 Å². The number of rotatable bonds is 4. The van der Waals surface area contributed by atoms with E-state index in [0.29, 0.717) is 11.9 Å². The van der Waals surface area contributed by atoms with Crippen LogP contribution in [0, 0.1) is 18.8 Å². The van der Waals surface area contributed by atoms with Gasteiger partial charge in [0.25, 0.3) is 0 Å². The van der Waals surface area contributed by atoms with E-state index in [9.17, 15) is 0 Å². The van der Waals surface area contributed by atoms with Crippen molar-refractivity contribution in [3.63, 3.8) is 0 Å². The average Bonchev–Trinajstić information content (AvgIpc) is 3.36. The van der Waals surface area contributed by atoms with Gasteiger partial charge in [0.05, 0.1) is 6.61 Å². The largest absolute Gasteiger partial charge is 0.493 e. The van der Waals surface area contributed by atoms with Crippen LogP contribution in [0.25, 0.3) is 0 Å². The minimum atomic E-state index is 0.599. The maximum Gasteiger partial charge on any atom is 0.229 e. The number of aryl methyl sites for hydroxylation is 1. The van der Waals surface area contributed by atoms with Gasteiger partial charge in [-0.25, -0.2) is 4.98 Å². The molecule has 2 aliphatic heterocycles. The number of fused-ring (bicyclic) bond motifs is 2. The molecule has 0 spiro atoms. The predicted molar refractivity (Wildman–Crippen MR) is 107 cm³/mol. The van der Waals surface area contributed by atoms with Crippen molar-refractivity contribution in [1.29, 1.82) is 0 Å². The second-order valence-corrected chi connectivity index (χ2v) is 8.09. The van der Waals surface area contributed by atoms with Crippen molar-refractivity contribution in [2.24, 2.45) is 11.8 Å². The van der Waals surface area contributed by atoms with Crippen molar-refractivity contribution in [2.75, 3.05) is 37.4 Å². The van der Waals surface area contributed by atoms with Gasteiger partial charge in [0.1, 0.15) is 11.6 Å². The van der Waals surface area contributed by atoms with Gasteiger partial charge >= 0.3 is 0 Å². The van der Waals surface area contributed by atoms with Crippen LogP contribution in [0.4, 0.5) is 17.5 Å². The van der Waals surface area contributed by atoms with Crippen molar-refractivity contribution < 1.29 is 4.74 Å². The van der Waals surface area contributed by atoms with E-state index >= 15 is 0 Å². The highest BCUT2D eigenvalue weighted by atomic mass is 16.5. The average molecular weight is 365 g/mol. The fourth-order valence-corrected chi connectivity index (χ4v) is 5.02. The SMILES string of the molecule is CNc1cc(C)nc(Nc2cc3c(c(C4CC5CNCC5C4)c2)OCC3)n1. The van der Waals surface area contributed by atoms with E-state index in [1.807, 2.05) is 20.0 Å². The third kappa shape index (κ3) is 3.12. The summed E-state index contributed by atoms with van der Waals surface area (Å²) in [4.78, 5) is 9.08. The summed E-state index contributed by atoms with van der Waals surface area (Å²) in [6.45, 7) is 5.12. The topological polar surface area (TPSA) is 71.1 Å². The molecule has 0 radical (unpaired) electrons. The molecule has 6 heteroatoms. The van der Waals surface area contributed by atoms with E-state index in [1.165, 1.54) is 37.1 Å². The Bertz CT molecular complexity index is 856. The van der Waals surface area contributed by atoms with Gasteiger partial charge in [-0.3, -0.25) is 0 Å². The first-order valence-electron chi connectivity index (χ1n) is 10.0. The molecule has 2 unspecified atom stereocenters. The van der Waals surface area contributed by atoms with E-state index in [4.69, 9.17) is 4.74 Å². The summed E-state index contributed by atoms with van der Waals surface area (Å²) in [6, 6.07) is 6.42. The quantitative estimate of drug-likeness (QED) is 0.773. The van der Waals surface area contributed by atoms with Crippen LogP contribution in [0.3, 0.4) is 0 Å². The first kappa shape index (κ1) is 16.8. The van der Waals surface area contributed by atoms with Gasteiger partial charge < -0.3 is 20.7 Å². The van der Waals surface area contributed by atoms with Crippen LogP contribution in [0.15, 0.2) is 18.2 Å². The number of hydrogen-bond acceptors (Lipinski definition) is 6. The number of aromatic nitrogens is 2. The molecule has 27 heavy (non-hydrogen) atoms. The molecule has 2 aromatic rings. The first-order chi connectivity index (χ1) is 13.2. The number of hydrogen-bond donors (Lipinski definition) is 3. The van der Waals surface area contributed by atoms with Crippen molar-refractivity contribution in [2.45, 2.75) is 32.1 Å². The molecule has 3 N–H and O–H groups in total. The Labute approximate surface area is 160 Å². The van der Waals surface area contributed by atoms with E-state index in [-0.39, 0.29) is 0 Å². The van der Waals surface area contributed by atoms with E-state index in [0.717, 1.165) is 47.8 Å². The molecule has 2 atom stereocenters. The zero-order chi connectivity index (χ0) is 18.4. The molecule has 3 heterocycles. The maximum absolute atomic E-state index is 6.04. The molecule has 3 aliphatic rings. The van der Waals surface area contributed by atoms with Crippen molar-refractivity contribution >= 4 is 17.5 Å². The Hall–Kier alpha value is -2.34. The summed E-state index contributed by atoms with van der Waals surface area (Å²) in [6.07, 6.45) is 3.51. The second-order valence-electron chi connectivity index (χ2n) is 8.09. The Balaban J connectivity index is 1.46. The van der Waals surface area contributed by atoms with Crippen molar-refractivity contribution in [1.82, 2.24) is 15.3 Å². The maximum atomic E-state index is 6.04. The normalized spacial score (nSPS) is 25.8. The molecule has 0 bridgehead atoms. The van der Waals surface area contributed by atoms with Crippen LogP contribution in [-0.2, 0) is 6.42 Å². The summed E-state index contributed by atoms with van der Waals surface area (Å²) < 4.78 is 6.04. The lowest BCUT2D eigenvalue weighted by molar-refractivity contribution is 0.350. The highest BCUT2D eigenvalue weighted by molar-refractivity contribution is 5.63. The minimum absolute atomic E-state index is 0.599. The van der Waals surface area contributed by atoms with Gasteiger partial charge in [-0.1, -0.05) is 0 Å². The Morgan fingerprint density at radius 3 is 2.70 bits per heavy atom. The lowest BCUT2D eigenvalue weighted by atomic mass is 9.92. The molecular weight excluding hydrogens is 338 g/mol. The third-order valence-corrected chi connectivity index (χ3v) is 6.27. The van der Waals surface area contributed by atoms with Crippen LogP contribution >= 0.6 is 0 Å². The Morgan fingerprint density at radius 1 is 1.11 bits per heavy atom. The first-order valence-corrected chi connectivity index (χ1v) is 10.0. The summed E-state index contributed by atoms with van der Waals surface area (Å²) in [7, 11) is 1.88. The van der Waals surface area contributed by atoms with Gasteiger partial charge in [-0.2, -0.15) is 4.98 Å². The summed E-state index contributed by atoms with van der Waals surface area (Å²) in [5, 5.41) is 10.1. The fourth-order valence-electron chi connectivity index (χ4n) is 5.02. The van der Waals surface area contributed by atoms with Crippen molar-refractivity contribution in [3.05, 3.63) is 35.0 Å². The zero-order valence-electron chi connectivity index (χ0n) is 16.0. The number of ether oxygens (including phenoxy) is 1. The zero-order valence-corrected chi connectivity index (χ0v) is 16.0. The second kappa shape index (κ2) is 6.68. The molecule has 5 rings (SSSR count). The summed E-state index contributed by atoms with van der Waals surface area (Å²) >= 11 is 0. The molecule has 1 aliphatic carbocycles. The standard InChI is InChI=1S/C21H27N5O/c1-12-5-19(22-2)26-21(24-12)25-17-8-13-3-4-27-20(13)18(9-17)14-6-15-10-23-11-16(15)7-14/h5,8-9,14-16,23H,3-4,6-7,10-11H2,1-2H3,(H2,22,24,25,26). The molecule has 1 aromatic heterocycles. The van der Waals surface area contributed by atoms with Crippen molar-refractivity contribution in [3.8, 4) is 5.75 Å². The van der Waals surface area contributed by atoms with E-state index in [2.05, 4.69) is 38.1 Å². The van der Waals surface area contributed by atoms with Gasteiger partial charge in [-0.15, -0.1) is 0 Å². The molecule has 1 aromatic carbocycles. The number of nitrogens with zero attached hydrogens (tertiary/aromatic N) is 2. The van der Waals surface area contributed by atoms with Crippen LogP contribution in [-0.4, -0.2) is 36.7 Å². The Kier molecular flexibility index (Phi) is 4.16. The lowest BCUT2D eigenvalue weighted by Crippen LogP contribution is -2.12. The third-order valence-electron chi connectivity index (χ3n) is 6.27. The minimum Gasteiger partial charge on any atom is -0.493 e. The fraction of sp³-hybridized carbons (Fsp3) is 0.524. The molecule has 1 saturated carbocycles. The van der Waals surface area contributed by atoms with Crippen LogP contribution in [0.2, 0.25) is 0 Å². The number of anilines is 3. The lowest BCUT2D eigenvalue weighted by Gasteiger charge is -2.18. The highest BCUT2D eigenvalue weighted by Crippen LogP contribution is 2.49. The van der Waals surface area contributed by atoms with Crippen LogP contribution < -0.4 is 20.7 Å². The number of benzene rings is 1. The van der Waals surface area contributed by atoms with Crippen LogP contribution in [0.1, 0.15) is 35.6 Å². The van der Waals surface area contributed by atoms with Gasteiger partial charge in [-0.05, 0) is 73.9 Å². The Morgan fingerprint density at radius 2 is 1.93 bits per heavy atom. The monoisotopic (exact) mass is 365 g/mol. The summed E-state index contributed by atoms with van der Waals surface area (Å²) in [5.74, 6) is 4.84. The van der Waals surface area contributed by atoms with Gasteiger partial charge in [0, 0.05) is 30.9 Å². The molecular formula is C21H27N5O. The molecule has 142 valence electrons. The molecule has 1 saturated heterocycles. The summed E-state index contributed by atoms with van der Waals surface area (Å²) in [5.41, 5.74) is 4.70. The number of nitrogens with one attached hydrogen (secondary N) is 3. The van der Waals surface area contributed by atoms with E-state index < -0.39 is 0 Å². The molecule has 0 amide bonds. The van der Waals surface area contributed by atoms with Gasteiger partial charge in [0.15, 0.2) is 0 Å². The highest BCUT2D eigenvalue weighted by Gasteiger charge is 2.39. The smallest absolute Gasteiger partial charge is 0.229 e. The molecule has 6 nitrogen and oxygen atoms in total. The predicted octanol–water partition coefficient (Wildman–Crippen LogP) is 3.22. The van der Waals surface area contributed by atoms with E-state index in [1.54, 1.807) is 0 Å². The van der Waals surface area contributed by atoms with Gasteiger partial charge in [0.2, 0.25) is 5.95 Å². The molecule has 2 fully saturated rings.